The molecule has 1 N–H and O–H groups in total. The number of rotatable bonds is 1. The molecule has 4 heteroatoms. The number of aliphatic hydroxyl groups excluding tert-OH is 1. The highest BCUT2D eigenvalue weighted by Gasteiger charge is 2.28. The van der Waals surface area contributed by atoms with Crippen molar-refractivity contribution in [1.29, 1.82) is 0 Å². The van der Waals surface area contributed by atoms with Crippen LogP contribution in [0.2, 0.25) is 0 Å². The molecule has 1 fully saturated rings. The van der Waals surface area contributed by atoms with Crippen molar-refractivity contribution < 1.29 is 5.11 Å². The van der Waals surface area contributed by atoms with Crippen LogP contribution in [0.15, 0.2) is 10.9 Å². The molecule has 4 nitrogen and oxygen atoms in total. The summed E-state index contributed by atoms with van der Waals surface area (Å²) < 4.78 is 1.63. The summed E-state index contributed by atoms with van der Waals surface area (Å²) in [6.07, 6.45) is 2.23. The van der Waals surface area contributed by atoms with E-state index in [9.17, 15) is 9.90 Å². The van der Waals surface area contributed by atoms with Crippen molar-refractivity contribution >= 4 is 0 Å². The summed E-state index contributed by atoms with van der Waals surface area (Å²) >= 11 is 0. The first-order valence-corrected chi connectivity index (χ1v) is 5.34. The summed E-state index contributed by atoms with van der Waals surface area (Å²) in [6, 6.07) is 1.45. The molecule has 82 valence electrons. The fourth-order valence-electron chi connectivity index (χ4n) is 2.37. The Bertz CT molecular complexity index is 425. The quantitative estimate of drug-likeness (QED) is 0.747. The highest BCUT2D eigenvalue weighted by Crippen LogP contribution is 2.29. The molecule has 0 bridgehead atoms. The van der Waals surface area contributed by atoms with Crippen molar-refractivity contribution in [3.63, 3.8) is 0 Å². The van der Waals surface area contributed by atoms with Crippen molar-refractivity contribution in [2.45, 2.75) is 45.3 Å². The Morgan fingerprint density at radius 3 is 2.73 bits per heavy atom. The number of nitrogens with zero attached hydrogens (tertiary/aromatic N) is 2. The van der Waals surface area contributed by atoms with Gasteiger partial charge in [0.1, 0.15) is 5.82 Å². The molecule has 2 atom stereocenters. The Kier molecular flexibility index (Phi) is 2.61. The third-order valence-electron chi connectivity index (χ3n) is 3.03. The van der Waals surface area contributed by atoms with Crippen LogP contribution in [0.4, 0.5) is 0 Å². The Morgan fingerprint density at radius 1 is 1.47 bits per heavy atom. The summed E-state index contributed by atoms with van der Waals surface area (Å²) in [5, 5.41) is 9.77. The van der Waals surface area contributed by atoms with Gasteiger partial charge in [-0.25, -0.2) is 4.98 Å². The first-order valence-electron chi connectivity index (χ1n) is 5.34. The SMILES string of the molecule is Cc1cc(=O)n([C@H]2CCC[C@@H]2O)c(C)n1. The number of aliphatic hydroxyl groups is 1. The van der Waals surface area contributed by atoms with E-state index in [-0.39, 0.29) is 11.6 Å². The Morgan fingerprint density at radius 2 is 2.20 bits per heavy atom. The van der Waals surface area contributed by atoms with E-state index in [4.69, 9.17) is 0 Å². The zero-order chi connectivity index (χ0) is 11.0. The lowest BCUT2D eigenvalue weighted by atomic mass is 10.2. The van der Waals surface area contributed by atoms with E-state index in [0.717, 1.165) is 25.0 Å². The lowest BCUT2D eigenvalue weighted by molar-refractivity contribution is 0.133. The lowest BCUT2D eigenvalue weighted by Gasteiger charge is -2.19. The van der Waals surface area contributed by atoms with E-state index in [0.29, 0.717) is 5.82 Å². The van der Waals surface area contributed by atoms with Gasteiger partial charge >= 0.3 is 0 Å². The largest absolute Gasteiger partial charge is 0.391 e. The second kappa shape index (κ2) is 3.77. The standard InChI is InChI=1S/C11H16N2O2/c1-7-6-11(15)13(8(2)12-7)9-4-3-5-10(9)14/h6,9-10,14H,3-5H2,1-2H3/t9-,10-/m0/s1. The van der Waals surface area contributed by atoms with Gasteiger partial charge in [0.25, 0.3) is 5.56 Å². The second-order valence-corrected chi connectivity index (χ2v) is 4.22. The molecular formula is C11H16N2O2. The molecule has 1 aliphatic rings. The van der Waals surface area contributed by atoms with E-state index in [2.05, 4.69) is 4.98 Å². The number of aryl methyl sites for hydroxylation is 2. The first-order chi connectivity index (χ1) is 7.09. The van der Waals surface area contributed by atoms with Gasteiger partial charge < -0.3 is 5.11 Å². The van der Waals surface area contributed by atoms with E-state index in [1.807, 2.05) is 13.8 Å². The Hall–Kier alpha value is -1.16. The molecule has 0 spiro atoms. The van der Waals surface area contributed by atoms with Gasteiger partial charge in [-0.1, -0.05) is 0 Å². The second-order valence-electron chi connectivity index (χ2n) is 4.22. The summed E-state index contributed by atoms with van der Waals surface area (Å²) in [7, 11) is 0. The van der Waals surface area contributed by atoms with Gasteiger partial charge in [-0.2, -0.15) is 0 Å². The van der Waals surface area contributed by atoms with Crippen molar-refractivity contribution in [3.8, 4) is 0 Å². The molecule has 0 unspecified atom stereocenters. The summed E-state index contributed by atoms with van der Waals surface area (Å²) in [5.74, 6) is 0.700. The number of aromatic nitrogens is 2. The van der Waals surface area contributed by atoms with Gasteiger partial charge in [0.05, 0.1) is 12.1 Å². The Labute approximate surface area is 88.6 Å². The predicted octanol–water partition coefficient (Wildman–Crippen LogP) is 0.946. The van der Waals surface area contributed by atoms with Crippen molar-refractivity contribution in [2.75, 3.05) is 0 Å². The third-order valence-corrected chi connectivity index (χ3v) is 3.03. The van der Waals surface area contributed by atoms with E-state index >= 15 is 0 Å². The molecule has 1 aliphatic carbocycles. The van der Waals surface area contributed by atoms with Crippen LogP contribution in [0, 0.1) is 13.8 Å². The molecule has 0 radical (unpaired) electrons. The minimum Gasteiger partial charge on any atom is -0.391 e. The molecule has 15 heavy (non-hydrogen) atoms. The topological polar surface area (TPSA) is 55.1 Å². The van der Waals surface area contributed by atoms with Crippen LogP contribution in [-0.4, -0.2) is 20.8 Å². The van der Waals surface area contributed by atoms with Gasteiger partial charge in [-0.15, -0.1) is 0 Å². The van der Waals surface area contributed by atoms with Crippen LogP contribution >= 0.6 is 0 Å². The molecule has 1 aromatic rings. The molecule has 0 aromatic carbocycles. The van der Waals surface area contributed by atoms with Gasteiger partial charge in [0, 0.05) is 11.8 Å². The highest BCUT2D eigenvalue weighted by molar-refractivity contribution is 5.04. The maximum Gasteiger partial charge on any atom is 0.254 e. The average molecular weight is 208 g/mol. The molecule has 0 saturated heterocycles. The molecule has 1 saturated carbocycles. The number of hydrogen-bond donors (Lipinski definition) is 1. The van der Waals surface area contributed by atoms with Crippen LogP contribution < -0.4 is 5.56 Å². The van der Waals surface area contributed by atoms with E-state index in [1.165, 1.54) is 6.07 Å². The summed E-state index contributed by atoms with van der Waals surface area (Å²) in [6.45, 7) is 3.63. The molecule has 1 heterocycles. The van der Waals surface area contributed by atoms with Crippen LogP contribution in [0.3, 0.4) is 0 Å². The predicted molar refractivity (Wildman–Crippen MR) is 56.9 cm³/mol. The van der Waals surface area contributed by atoms with Crippen LogP contribution in [0.5, 0.6) is 0 Å². The van der Waals surface area contributed by atoms with Gasteiger partial charge in [-0.3, -0.25) is 9.36 Å². The number of hydrogen-bond acceptors (Lipinski definition) is 3. The zero-order valence-corrected chi connectivity index (χ0v) is 9.10. The molecule has 1 aromatic heterocycles. The first kappa shape index (κ1) is 10.4. The normalized spacial score (nSPS) is 25.8. The molecule has 0 aliphatic heterocycles. The van der Waals surface area contributed by atoms with Gasteiger partial charge in [0.2, 0.25) is 0 Å². The fraction of sp³-hybridized carbons (Fsp3) is 0.636. The van der Waals surface area contributed by atoms with Crippen LogP contribution in [0.1, 0.15) is 36.8 Å². The zero-order valence-electron chi connectivity index (χ0n) is 9.10. The molecule has 2 rings (SSSR count). The van der Waals surface area contributed by atoms with E-state index in [1.54, 1.807) is 4.57 Å². The Balaban J connectivity index is 2.48. The fourth-order valence-corrected chi connectivity index (χ4v) is 2.37. The minimum absolute atomic E-state index is 0.0500. The van der Waals surface area contributed by atoms with Crippen LogP contribution in [0.25, 0.3) is 0 Å². The smallest absolute Gasteiger partial charge is 0.254 e. The summed E-state index contributed by atoms with van der Waals surface area (Å²) in [5.41, 5.74) is 0.687. The monoisotopic (exact) mass is 208 g/mol. The van der Waals surface area contributed by atoms with Gasteiger partial charge in [-0.05, 0) is 33.1 Å². The van der Waals surface area contributed by atoms with Crippen molar-refractivity contribution in [3.05, 3.63) is 27.9 Å². The van der Waals surface area contributed by atoms with Crippen LogP contribution in [-0.2, 0) is 0 Å². The summed E-state index contributed by atoms with van der Waals surface area (Å²) in [4.78, 5) is 16.1. The van der Waals surface area contributed by atoms with Crippen molar-refractivity contribution in [2.24, 2.45) is 0 Å². The highest BCUT2D eigenvalue weighted by atomic mass is 16.3. The minimum atomic E-state index is -0.397. The van der Waals surface area contributed by atoms with Crippen molar-refractivity contribution in [1.82, 2.24) is 9.55 Å². The third kappa shape index (κ3) is 1.81. The maximum atomic E-state index is 11.8. The molecular weight excluding hydrogens is 192 g/mol. The average Bonchev–Trinajstić information content (AvgIpc) is 2.50. The maximum absolute atomic E-state index is 11.8. The molecule has 0 amide bonds. The van der Waals surface area contributed by atoms with Gasteiger partial charge in [0.15, 0.2) is 0 Å². The lowest BCUT2D eigenvalue weighted by Crippen LogP contribution is -2.31. The van der Waals surface area contributed by atoms with E-state index < -0.39 is 6.10 Å².